The molecule has 2 rings (SSSR count). The molecule has 2 N–H and O–H groups in total. The molecule has 2 heteroatoms. The fourth-order valence-corrected chi connectivity index (χ4v) is 1.47. The Morgan fingerprint density at radius 2 is 2.33 bits per heavy atom. The average Bonchev–Trinajstić information content (AvgIpc) is 2.49. The van der Waals surface area contributed by atoms with Gasteiger partial charge in [-0.05, 0) is 24.1 Å². The van der Waals surface area contributed by atoms with Crippen LogP contribution in [0.1, 0.15) is 24.1 Å². The first kappa shape index (κ1) is 7.62. The van der Waals surface area contributed by atoms with Crippen molar-refractivity contribution >= 4 is 0 Å². The predicted molar refractivity (Wildman–Crippen MR) is 48.2 cm³/mol. The van der Waals surface area contributed by atoms with E-state index in [1.807, 2.05) is 13.0 Å². The number of hydrogen-bond donors (Lipinski definition) is 1. The fraction of sp³-hybridized carbons (Fsp3) is 0.400. The van der Waals surface area contributed by atoms with Crippen molar-refractivity contribution in [3.05, 3.63) is 29.3 Å². The quantitative estimate of drug-likeness (QED) is 0.683. The second-order valence-corrected chi connectivity index (χ2v) is 3.25. The van der Waals surface area contributed by atoms with Crippen LogP contribution in [0.4, 0.5) is 0 Å². The molecule has 64 valence electrons. The maximum atomic E-state index is 5.75. The summed E-state index contributed by atoms with van der Waals surface area (Å²) in [5, 5.41) is 0. The Bertz CT molecular complexity index is 294. The Hall–Kier alpha value is -1.02. The smallest absolute Gasteiger partial charge is 0.122 e. The highest BCUT2D eigenvalue weighted by molar-refractivity contribution is 5.40. The molecule has 2 nitrogen and oxygen atoms in total. The standard InChI is InChI=1S/C10H13NO/c1-7(11)9-3-2-8-4-5-12-10(8)6-9/h2-3,6-7H,4-5,11H2,1H3. The van der Waals surface area contributed by atoms with Crippen molar-refractivity contribution in [1.82, 2.24) is 0 Å². The van der Waals surface area contributed by atoms with Gasteiger partial charge in [0.1, 0.15) is 5.75 Å². The molecule has 0 saturated heterocycles. The molecule has 1 atom stereocenters. The number of fused-ring (bicyclic) bond motifs is 1. The first-order valence-corrected chi connectivity index (χ1v) is 4.28. The molecule has 1 aliphatic rings. The molecule has 0 radical (unpaired) electrons. The molecule has 12 heavy (non-hydrogen) atoms. The molecule has 0 aliphatic carbocycles. The summed E-state index contributed by atoms with van der Waals surface area (Å²) in [6.45, 7) is 2.80. The van der Waals surface area contributed by atoms with Crippen LogP contribution in [0, 0.1) is 0 Å². The number of ether oxygens (including phenoxy) is 1. The summed E-state index contributed by atoms with van der Waals surface area (Å²) >= 11 is 0. The molecule has 0 fully saturated rings. The van der Waals surface area contributed by atoms with Gasteiger partial charge in [0.2, 0.25) is 0 Å². The molecule has 0 spiro atoms. The highest BCUT2D eigenvalue weighted by atomic mass is 16.5. The van der Waals surface area contributed by atoms with Gasteiger partial charge in [-0.1, -0.05) is 12.1 Å². The number of hydrogen-bond acceptors (Lipinski definition) is 2. The lowest BCUT2D eigenvalue weighted by molar-refractivity contribution is 0.356. The Kier molecular flexibility index (Phi) is 1.77. The minimum atomic E-state index is 0.0968. The van der Waals surface area contributed by atoms with Gasteiger partial charge >= 0.3 is 0 Å². The maximum Gasteiger partial charge on any atom is 0.122 e. The van der Waals surface area contributed by atoms with E-state index in [4.69, 9.17) is 10.5 Å². The van der Waals surface area contributed by atoms with Gasteiger partial charge in [-0.15, -0.1) is 0 Å². The van der Waals surface area contributed by atoms with E-state index in [1.165, 1.54) is 5.56 Å². The predicted octanol–water partition coefficient (Wildman–Crippen LogP) is 1.64. The Morgan fingerprint density at radius 1 is 1.50 bits per heavy atom. The summed E-state index contributed by atoms with van der Waals surface area (Å²) in [7, 11) is 0. The Balaban J connectivity index is 2.39. The van der Waals surface area contributed by atoms with Crippen molar-refractivity contribution in [2.75, 3.05) is 6.61 Å². The largest absolute Gasteiger partial charge is 0.493 e. The summed E-state index contributed by atoms with van der Waals surface area (Å²) in [4.78, 5) is 0. The first-order chi connectivity index (χ1) is 5.77. The third kappa shape index (κ3) is 1.18. The monoisotopic (exact) mass is 163 g/mol. The summed E-state index contributed by atoms with van der Waals surface area (Å²) < 4.78 is 5.43. The highest BCUT2D eigenvalue weighted by Crippen LogP contribution is 2.27. The zero-order valence-corrected chi connectivity index (χ0v) is 7.21. The van der Waals surface area contributed by atoms with E-state index in [0.717, 1.165) is 24.3 Å². The van der Waals surface area contributed by atoms with E-state index >= 15 is 0 Å². The Labute approximate surface area is 72.3 Å². The van der Waals surface area contributed by atoms with Crippen molar-refractivity contribution < 1.29 is 4.74 Å². The van der Waals surface area contributed by atoms with E-state index < -0.39 is 0 Å². The molecular weight excluding hydrogens is 150 g/mol. The zero-order chi connectivity index (χ0) is 8.55. The SMILES string of the molecule is CC(N)c1ccc2c(c1)OCC2. The average molecular weight is 163 g/mol. The van der Waals surface area contributed by atoms with Gasteiger partial charge in [-0.3, -0.25) is 0 Å². The van der Waals surface area contributed by atoms with Crippen LogP contribution in [-0.4, -0.2) is 6.61 Å². The van der Waals surface area contributed by atoms with E-state index in [1.54, 1.807) is 0 Å². The lowest BCUT2D eigenvalue weighted by Crippen LogP contribution is -2.04. The third-order valence-corrected chi connectivity index (χ3v) is 2.25. The van der Waals surface area contributed by atoms with Gasteiger partial charge in [-0.2, -0.15) is 0 Å². The van der Waals surface area contributed by atoms with E-state index in [0.29, 0.717) is 0 Å². The topological polar surface area (TPSA) is 35.2 Å². The normalized spacial score (nSPS) is 16.8. The van der Waals surface area contributed by atoms with Crippen LogP contribution in [-0.2, 0) is 6.42 Å². The summed E-state index contributed by atoms with van der Waals surface area (Å²) in [6.07, 6.45) is 1.04. The molecule has 1 heterocycles. The van der Waals surface area contributed by atoms with Gasteiger partial charge in [0.25, 0.3) is 0 Å². The molecule has 1 aliphatic heterocycles. The van der Waals surface area contributed by atoms with E-state index in [9.17, 15) is 0 Å². The molecule has 0 aromatic heterocycles. The number of rotatable bonds is 1. The lowest BCUT2D eigenvalue weighted by atomic mass is 10.1. The minimum absolute atomic E-state index is 0.0968. The fourth-order valence-electron chi connectivity index (χ4n) is 1.47. The van der Waals surface area contributed by atoms with Crippen LogP contribution in [0.25, 0.3) is 0 Å². The van der Waals surface area contributed by atoms with Gasteiger partial charge < -0.3 is 10.5 Å². The summed E-state index contributed by atoms with van der Waals surface area (Å²) in [5.74, 6) is 1.02. The first-order valence-electron chi connectivity index (χ1n) is 4.28. The lowest BCUT2D eigenvalue weighted by Gasteiger charge is -2.06. The van der Waals surface area contributed by atoms with E-state index in [2.05, 4.69) is 12.1 Å². The van der Waals surface area contributed by atoms with E-state index in [-0.39, 0.29) is 6.04 Å². The molecule has 1 aromatic rings. The maximum absolute atomic E-state index is 5.75. The van der Waals surface area contributed by atoms with Crippen LogP contribution in [0.3, 0.4) is 0 Å². The van der Waals surface area contributed by atoms with Gasteiger partial charge in [-0.25, -0.2) is 0 Å². The van der Waals surface area contributed by atoms with Crippen molar-refractivity contribution in [2.24, 2.45) is 5.73 Å². The molecular formula is C10H13NO. The second kappa shape index (κ2) is 2.79. The van der Waals surface area contributed by atoms with Crippen LogP contribution in [0.15, 0.2) is 18.2 Å². The van der Waals surface area contributed by atoms with Crippen molar-refractivity contribution in [2.45, 2.75) is 19.4 Å². The molecule has 0 bridgehead atoms. The van der Waals surface area contributed by atoms with Crippen molar-refractivity contribution in [3.63, 3.8) is 0 Å². The van der Waals surface area contributed by atoms with Crippen LogP contribution in [0.5, 0.6) is 5.75 Å². The van der Waals surface area contributed by atoms with Crippen LogP contribution >= 0.6 is 0 Å². The van der Waals surface area contributed by atoms with Crippen LogP contribution < -0.4 is 10.5 Å². The van der Waals surface area contributed by atoms with Crippen molar-refractivity contribution in [1.29, 1.82) is 0 Å². The van der Waals surface area contributed by atoms with Gasteiger partial charge in [0.05, 0.1) is 6.61 Å². The second-order valence-electron chi connectivity index (χ2n) is 3.25. The highest BCUT2D eigenvalue weighted by Gasteiger charge is 2.12. The molecule has 1 unspecified atom stereocenters. The van der Waals surface area contributed by atoms with Crippen molar-refractivity contribution in [3.8, 4) is 5.75 Å². The third-order valence-electron chi connectivity index (χ3n) is 2.25. The van der Waals surface area contributed by atoms with Gasteiger partial charge in [0, 0.05) is 12.5 Å². The molecule has 0 saturated carbocycles. The number of nitrogens with two attached hydrogens (primary N) is 1. The minimum Gasteiger partial charge on any atom is -0.493 e. The summed E-state index contributed by atoms with van der Waals surface area (Å²) in [6, 6.07) is 6.34. The molecule has 1 aromatic carbocycles. The summed E-state index contributed by atoms with van der Waals surface area (Å²) in [5.41, 5.74) is 8.21. The molecule has 0 amide bonds. The van der Waals surface area contributed by atoms with Crippen LogP contribution in [0.2, 0.25) is 0 Å². The zero-order valence-electron chi connectivity index (χ0n) is 7.21. The van der Waals surface area contributed by atoms with Gasteiger partial charge in [0.15, 0.2) is 0 Å². The Morgan fingerprint density at radius 3 is 3.08 bits per heavy atom. The number of benzene rings is 1.